The lowest BCUT2D eigenvalue weighted by Gasteiger charge is -2.48. The number of fused-ring (bicyclic) bond motifs is 1. The summed E-state index contributed by atoms with van der Waals surface area (Å²) in [6.07, 6.45) is 9.90. The van der Waals surface area contributed by atoms with Crippen LogP contribution in [0.1, 0.15) is 58.3 Å². The van der Waals surface area contributed by atoms with Crippen molar-refractivity contribution in [3.05, 3.63) is 5.21 Å². The van der Waals surface area contributed by atoms with Gasteiger partial charge >= 0.3 is 0 Å². The molecule has 3 heteroatoms. The highest BCUT2D eigenvalue weighted by molar-refractivity contribution is 5.80. The lowest BCUT2D eigenvalue weighted by molar-refractivity contribution is -0.465. The molecular weight excluding hydrogens is 248 g/mol. The molecule has 0 spiro atoms. The van der Waals surface area contributed by atoms with E-state index in [-0.39, 0.29) is 0 Å². The first kappa shape index (κ1) is 14.4. The van der Waals surface area contributed by atoms with E-state index in [2.05, 4.69) is 18.9 Å². The van der Waals surface area contributed by atoms with Crippen LogP contribution in [0.25, 0.3) is 0 Å². The maximum absolute atomic E-state index is 12.0. The third-order valence-electron chi connectivity index (χ3n) is 5.99. The van der Waals surface area contributed by atoms with Crippen LogP contribution in [0.15, 0.2) is 0 Å². The number of rotatable bonds is 2. The first-order valence-electron chi connectivity index (χ1n) is 8.64. The van der Waals surface area contributed by atoms with Crippen molar-refractivity contribution in [2.75, 3.05) is 20.1 Å². The molecule has 0 aromatic rings. The molecule has 114 valence electrons. The largest absolute Gasteiger partial charge is 0.624 e. The van der Waals surface area contributed by atoms with E-state index in [9.17, 15) is 5.21 Å². The lowest BCUT2D eigenvalue weighted by atomic mass is 9.66. The molecule has 2 heterocycles. The fourth-order valence-electron chi connectivity index (χ4n) is 4.97. The van der Waals surface area contributed by atoms with E-state index < -0.39 is 0 Å². The summed E-state index contributed by atoms with van der Waals surface area (Å²) in [6.45, 7) is 4.42. The van der Waals surface area contributed by atoms with Crippen LogP contribution < -0.4 is 0 Å². The van der Waals surface area contributed by atoms with Gasteiger partial charge in [-0.05, 0) is 63.5 Å². The number of likely N-dealkylation sites (tertiary alicyclic amines) is 1. The number of nitrogens with zero attached hydrogens (tertiary/aromatic N) is 2. The Labute approximate surface area is 123 Å². The number of hydrogen-bond acceptors (Lipinski definition) is 2. The second kappa shape index (κ2) is 6.05. The van der Waals surface area contributed by atoms with Crippen molar-refractivity contribution >= 4 is 5.71 Å². The molecule has 2 aliphatic heterocycles. The molecule has 0 amide bonds. The zero-order chi connectivity index (χ0) is 14.1. The zero-order valence-corrected chi connectivity index (χ0v) is 13.2. The van der Waals surface area contributed by atoms with E-state index >= 15 is 0 Å². The summed E-state index contributed by atoms with van der Waals surface area (Å²) in [6, 6.07) is 0.779. The topological polar surface area (TPSA) is 29.3 Å². The van der Waals surface area contributed by atoms with Crippen LogP contribution in [0, 0.1) is 23.0 Å². The maximum Gasteiger partial charge on any atom is 0.163 e. The van der Waals surface area contributed by atoms with Crippen molar-refractivity contribution in [3.8, 4) is 0 Å². The molecule has 20 heavy (non-hydrogen) atoms. The number of piperidine rings is 1. The Morgan fingerprint density at radius 2 is 2.10 bits per heavy atom. The molecule has 0 unspecified atom stereocenters. The van der Waals surface area contributed by atoms with E-state index in [1.165, 1.54) is 49.1 Å². The van der Waals surface area contributed by atoms with Crippen molar-refractivity contribution in [1.29, 1.82) is 0 Å². The molecule has 3 aliphatic rings. The van der Waals surface area contributed by atoms with Crippen LogP contribution in [-0.2, 0) is 0 Å². The Hall–Kier alpha value is -0.570. The SMILES string of the molecule is C[C@@H]1C[C@@H](CC2=[N+]([O-])CCCC2)[C@H]2CCCN(C)[C@@H]2C1. The summed E-state index contributed by atoms with van der Waals surface area (Å²) >= 11 is 0. The third kappa shape index (κ3) is 2.88. The smallest absolute Gasteiger partial charge is 0.163 e. The van der Waals surface area contributed by atoms with Gasteiger partial charge in [-0.1, -0.05) is 6.92 Å². The summed E-state index contributed by atoms with van der Waals surface area (Å²) in [7, 11) is 2.31. The summed E-state index contributed by atoms with van der Waals surface area (Å²) in [4.78, 5) is 2.59. The highest BCUT2D eigenvalue weighted by Gasteiger charge is 2.41. The van der Waals surface area contributed by atoms with E-state index in [4.69, 9.17) is 0 Å². The van der Waals surface area contributed by atoms with Gasteiger partial charge in [0, 0.05) is 25.3 Å². The predicted octanol–water partition coefficient (Wildman–Crippen LogP) is 3.27. The minimum atomic E-state index is 0.742. The van der Waals surface area contributed by atoms with Crippen molar-refractivity contribution in [2.24, 2.45) is 17.8 Å². The van der Waals surface area contributed by atoms with Gasteiger partial charge in [-0.15, -0.1) is 0 Å². The van der Waals surface area contributed by atoms with Crippen LogP contribution in [0.3, 0.4) is 0 Å². The normalized spacial score (nSPS) is 39.7. The maximum atomic E-state index is 12.0. The fourth-order valence-corrected chi connectivity index (χ4v) is 4.97. The minimum absolute atomic E-state index is 0.742. The van der Waals surface area contributed by atoms with Crippen LogP contribution in [-0.4, -0.2) is 41.5 Å². The molecule has 0 radical (unpaired) electrons. The van der Waals surface area contributed by atoms with Crippen LogP contribution >= 0.6 is 0 Å². The Kier molecular flexibility index (Phi) is 4.34. The van der Waals surface area contributed by atoms with Gasteiger partial charge in [0.2, 0.25) is 0 Å². The second-order valence-electron chi connectivity index (χ2n) is 7.52. The van der Waals surface area contributed by atoms with Crippen LogP contribution in [0.2, 0.25) is 0 Å². The fraction of sp³-hybridized carbons (Fsp3) is 0.941. The summed E-state index contributed by atoms with van der Waals surface area (Å²) in [5, 5.41) is 12.0. The Morgan fingerprint density at radius 3 is 2.90 bits per heavy atom. The van der Waals surface area contributed by atoms with Crippen molar-refractivity contribution in [2.45, 2.75) is 64.3 Å². The summed E-state index contributed by atoms with van der Waals surface area (Å²) in [5.74, 6) is 2.43. The zero-order valence-electron chi connectivity index (χ0n) is 13.2. The predicted molar refractivity (Wildman–Crippen MR) is 83.0 cm³/mol. The van der Waals surface area contributed by atoms with E-state index in [1.54, 1.807) is 0 Å². The Balaban J connectivity index is 1.73. The molecule has 3 nitrogen and oxygen atoms in total. The minimum Gasteiger partial charge on any atom is -0.624 e. The van der Waals surface area contributed by atoms with Gasteiger partial charge in [0.25, 0.3) is 0 Å². The lowest BCUT2D eigenvalue weighted by Crippen LogP contribution is -2.50. The van der Waals surface area contributed by atoms with Gasteiger partial charge in [0.1, 0.15) is 0 Å². The third-order valence-corrected chi connectivity index (χ3v) is 5.99. The van der Waals surface area contributed by atoms with Crippen molar-refractivity contribution in [1.82, 2.24) is 4.90 Å². The molecule has 1 saturated heterocycles. The highest BCUT2D eigenvalue weighted by atomic mass is 16.5. The average Bonchev–Trinajstić information content (AvgIpc) is 2.42. The molecule has 0 bridgehead atoms. The van der Waals surface area contributed by atoms with Crippen LogP contribution in [0.5, 0.6) is 0 Å². The molecule has 3 rings (SSSR count). The number of hydrogen-bond donors (Lipinski definition) is 0. The molecular formula is C17H30N2O. The van der Waals surface area contributed by atoms with Gasteiger partial charge in [-0.2, -0.15) is 0 Å². The molecule has 1 aliphatic carbocycles. The Morgan fingerprint density at radius 1 is 1.25 bits per heavy atom. The molecule has 1 saturated carbocycles. The second-order valence-corrected chi connectivity index (χ2v) is 7.52. The Bertz CT molecular complexity index is 379. The first-order valence-corrected chi connectivity index (χ1v) is 8.64. The monoisotopic (exact) mass is 278 g/mol. The summed E-state index contributed by atoms with van der Waals surface area (Å²) in [5.41, 5.74) is 1.21. The molecule has 0 aromatic carbocycles. The van der Waals surface area contributed by atoms with Crippen molar-refractivity contribution in [3.63, 3.8) is 0 Å². The highest BCUT2D eigenvalue weighted by Crippen LogP contribution is 2.43. The average molecular weight is 278 g/mol. The van der Waals surface area contributed by atoms with Gasteiger partial charge in [0.15, 0.2) is 12.3 Å². The van der Waals surface area contributed by atoms with E-state index in [0.29, 0.717) is 0 Å². The quantitative estimate of drug-likeness (QED) is 0.573. The van der Waals surface area contributed by atoms with E-state index in [1.807, 2.05) is 0 Å². The standard InChI is InChI=1S/C17H30N2O/c1-13-10-14(12-15-6-3-4-9-19(15)20)16-7-5-8-18(2)17(16)11-13/h13-14,16-17H,3-12H2,1-2H3/t13-,14+,16-,17-/m1/s1. The van der Waals surface area contributed by atoms with Gasteiger partial charge < -0.3 is 10.1 Å². The van der Waals surface area contributed by atoms with Crippen LogP contribution in [0.4, 0.5) is 0 Å². The van der Waals surface area contributed by atoms with E-state index in [0.717, 1.165) is 49.6 Å². The molecule has 2 fully saturated rings. The first-order chi connectivity index (χ1) is 9.65. The number of hydroxylamine groups is 1. The summed E-state index contributed by atoms with van der Waals surface area (Å²) < 4.78 is 1.32. The van der Waals surface area contributed by atoms with Gasteiger partial charge in [0.05, 0.1) is 0 Å². The molecule has 0 aromatic heterocycles. The molecule has 4 atom stereocenters. The van der Waals surface area contributed by atoms with Gasteiger partial charge in [-0.3, -0.25) is 0 Å². The van der Waals surface area contributed by atoms with Gasteiger partial charge in [-0.25, -0.2) is 4.74 Å². The van der Waals surface area contributed by atoms with Crippen molar-refractivity contribution < 1.29 is 4.74 Å². The molecule has 0 N–H and O–H groups in total.